The second kappa shape index (κ2) is 5.36. The van der Waals surface area contributed by atoms with Gasteiger partial charge in [-0.25, -0.2) is 0 Å². The Balaban J connectivity index is 1.80. The van der Waals surface area contributed by atoms with Crippen molar-refractivity contribution in [3.05, 3.63) is 0 Å². The van der Waals surface area contributed by atoms with E-state index in [0.717, 1.165) is 45.5 Å². The number of piperidine rings is 1. The Kier molecular flexibility index (Phi) is 4.05. The van der Waals surface area contributed by atoms with Crippen LogP contribution in [-0.4, -0.2) is 38.3 Å². The molecule has 2 aliphatic heterocycles. The van der Waals surface area contributed by atoms with Gasteiger partial charge in [0.1, 0.15) is 0 Å². The molecule has 2 N–H and O–H groups in total. The molecule has 0 aromatic rings. The van der Waals surface area contributed by atoms with E-state index in [2.05, 4.69) is 24.5 Å². The van der Waals surface area contributed by atoms with E-state index in [-0.39, 0.29) is 17.4 Å². The number of carbonyl (C=O) groups excluding carboxylic acids is 1. The van der Waals surface area contributed by atoms with E-state index in [0.29, 0.717) is 5.92 Å². The van der Waals surface area contributed by atoms with Gasteiger partial charge in [0.2, 0.25) is 5.91 Å². The summed E-state index contributed by atoms with van der Waals surface area (Å²) in [5, 5.41) is 6.42. The van der Waals surface area contributed by atoms with Gasteiger partial charge in [-0.3, -0.25) is 4.79 Å². The Morgan fingerprint density at radius 3 is 2.76 bits per heavy atom. The van der Waals surface area contributed by atoms with Gasteiger partial charge in [0.25, 0.3) is 0 Å². The van der Waals surface area contributed by atoms with Crippen LogP contribution in [0.3, 0.4) is 0 Å². The standard InChI is InChI=1S/C13H24N2O2/c1-10-11(3-8-17-10)9-15-12(16)13(2)4-6-14-7-5-13/h10-11,14H,3-9H2,1-2H3,(H,15,16). The van der Waals surface area contributed by atoms with Crippen LogP contribution >= 0.6 is 0 Å². The molecule has 2 fully saturated rings. The Labute approximate surface area is 103 Å². The van der Waals surface area contributed by atoms with Crippen LogP contribution in [-0.2, 0) is 9.53 Å². The van der Waals surface area contributed by atoms with E-state index >= 15 is 0 Å². The first-order valence-electron chi connectivity index (χ1n) is 6.72. The third-order valence-corrected chi connectivity index (χ3v) is 4.31. The van der Waals surface area contributed by atoms with Crippen molar-refractivity contribution in [1.82, 2.24) is 10.6 Å². The summed E-state index contributed by atoms with van der Waals surface area (Å²) in [6, 6.07) is 0. The molecule has 0 aromatic carbocycles. The summed E-state index contributed by atoms with van der Waals surface area (Å²) in [5.74, 6) is 0.711. The number of carbonyl (C=O) groups is 1. The molecule has 2 aliphatic rings. The molecule has 17 heavy (non-hydrogen) atoms. The van der Waals surface area contributed by atoms with Crippen LogP contribution in [0.2, 0.25) is 0 Å². The molecule has 4 nitrogen and oxygen atoms in total. The highest BCUT2D eigenvalue weighted by atomic mass is 16.5. The largest absolute Gasteiger partial charge is 0.378 e. The third-order valence-electron chi connectivity index (χ3n) is 4.31. The Morgan fingerprint density at radius 1 is 1.47 bits per heavy atom. The quantitative estimate of drug-likeness (QED) is 0.771. The molecule has 2 atom stereocenters. The van der Waals surface area contributed by atoms with Crippen LogP contribution in [0, 0.1) is 11.3 Å². The summed E-state index contributed by atoms with van der Waals surface area (Å²) < 4.78 is 5.51. The SMILES string of the molecule is CC1OCCC1CNC(=O)C1(C)CCNCC1. The summed E-state index contributed by atoms with van der Waals surface area (Å²) in [7, 11) is 0. The Hall–Kier alpha value is -0.610. The number of hydrogen-bond donors (Lipinski definition) is 2. The van der Waals surface area contributed by atoms with Gasteiger partial charge >= 0.3 is 0 Å². The maximum absolute atomic E-state index is 12.2. The highest BCUT2D eigenvalue weighted by molar-refractivity contribution is 5.82. The fourth-order valence-electron chi connectivity index (χ4n) is 2.69. The first-order chi connectivity index (χ1) is 8.12. The number of ether oxygens (including phenoxy) is 1. The molecule has 0 spiro atoms. The minimum Gasteiger partial charge on any atom is -0.378 e. The van der Waals surface area contributed by atoms with Crippen molar-refractivity contribution in [2.75, 3.05) is 26.2 Å². The monoisotopic (exact) mass is 240 g/mol. The number of amides is 1. The Bertz CT molecular complexity index is 275. The van der Waals surface area contributed by atoms with Crippen molar-refractivity contribution in [2.24, 2.45) is 11.3 Å². The van der Waals surface area contributed by atoms with E-state index in [1.54, 1.807) is 0 Å². The first kappa shape index (κ1) is 12.8. The van der Waals surface area contributed by atoms with Gasteiger partial charge in [0.15, 0.2) is 0 Å². The highest BCUT2D eigenvalue weighted by Crippen LogP contribution is 2.28. The summed E-state index contributed by atoms with van der Waals surface area (Å²) in [4.78, 5) is 12.2. The first-order valence-corrected chi connectivity index (χ1v) is 6.72. The molecule has 2 saturated heterocycles. The lowest BCUT2D eigenvalue weighted by Gasteiger charge is -2.33. The summed E-state index contributed by atoms with van der Waals surface area (Å²) in [5.41, 5.74) is -0.173. The molecule has 4 heteroatoms. The normalized spacial score (nSPS) is 32.4. The molecular formula is C13H24N2O2. The van der Waals surface area contributed by atoms with Gasteiger partial charge in [-0.15, -0.1) is 0 Å². The topological polar surface area (TPSA) is 50.4 Å². The molecule has 2 heterocycles. The Morgan fingerprint density at radius 2 is 2.18 bits per heavy atom. The smallest absolute Gasteiger partial charge is 0.226 e. The van der Waals surface area contributed by atoms with Gasteiger partial charge in [-0.1, -0.05) is 6.92 Å². The lowest BCUT2D eigenvalue weighted by atomic mass is 9.80. The molecule has 98 valence electrons. The van der Waals surface area contributed by atoms with E-state index < -0.39 is 0 Å². The van der Waals surface area contributed by atoms with Crippen molar-refractivity contribution in [1.29, 1.82) is 0 Å². The van der Waals surface area contributed by atoms with Crippen LogP contribution in [0.25, 0.3) is 0 Å². The molecule has 0 aromatic heterocycles. The molecular weight excluding hydrogens is 216 g/mol. The predicted molar refractivity (Wildman–Crippen MR) is 66.7 cm³/mol. The lowest BCUT2D eigenvalue weighted by molar-refractivity contribution is -0.131. The van der Waals surface area contributed by atoms with Crippen molar-refractivity contribution in [3.8, 4) is 0 Å². The van der Waals surface area contributed by atoms with Crippen LogP contribution in [0.5, 0.6) is 0 Å². The fraction of sp³-hybridized carbons (Fsp3) is 0.923. The van der Waals surface area contributed by atoms with Gasteiger partial charge in [0, 0.05) is 24.5 Å². The zero-order valence-electron chi connectivity index (χ0n) is 10.9. The minimum absolute atomic E-state index is 0.173. The number of hydrogen-bond acceptors (Lipinski definition) is 3. The van der Waals surface area contributed by atoms with Crippen LogP contribution in [0.4, 0.5) is 0 Å². The van der Waals surface area contributed by atoms with E-state index in [1.165, 1.54) is 0 Å². The lowest BCUT2D eigenvalue weighted by Crippen LogP contribution is -2.47. The highest BCUT2D eigenvalue weighted by Gasteiger charge is 2.35. The second-order valence-corrected chi connectivity index (χ2v) is 5.65. The van der Waals surface area contributed by atoms with Crippen molar-refractivity contribution in [2.45, 2.75) is 39.2 Å². The zero-order chi connectivity index (χ0) is 12.3. The molecule has 2 rings (SSSR count). The average Bonchev–Trinajstić information content (AvgIpc) is 2.73. The van der Waals surface area contributed by atoms with Crippen LogP contribution in [0.15, 0.2) is 0 Å². The van der Waals surface area contributed by atoms with E-state index in [1.807, 2.05) is 0 Å². The molecule has 0 saturated carbocycles. The number of nitrogens with one attached hydrogen (secondary N) is 2. The maximum Gasteiger partial charge on any atom is 0.226 e. The van der Waals surface area contributed by atoms with Gasteiger partial charge in [-0.05, 0) is 39.3 Å². The number of rotatable bonds is 3. The maximum atomic E-state index is 12.2. The van der Waals surface area contributed by atoms with E-state index in [9.17, 15) is 4.79 Å². The molecule has 0 bridgehead atoms. The second-order valence-electron chi connectivity index (χ2n) is 5.65. The third kappa shape index (κ3) is 2.99. The molecule has 1 amide bonds. The fourth-order valence-corrected chi connectivity index (χ4v) is 2.69. The summed E-state index contributed by atoms with van der Waals surface area (Å²) in [6.45, 7) is 7.68. The summed E-state index contributed by atoms with van der Waals surface area (Å²) >= 11 is 0. The minimum atomic E-state index is -0.173. The van der Waals surface area contributed by atoms with Crippen molar-refractivity contribution < 1.29 is 9.53 Å². The molecule has 2 unspecified atom stereocenters. The zero-order valence-corrected chi connectivity index (χ0v) is 10.9. The predicted octanol–water partition coefficient (Wildman–Crippen LogP) is 0.917. The van der Waals surface area contributed by atoms with Crippen molar-refractivity contribution in [3.63, 3.8) is 0 Å². The molecule has 0 aliphatic carbocycles. The van der Waals surface area contributed by atoms with Gasteiger partial charge in [-0.2, -0.15) is 0 Å². The van der Waals surface area contributed by atoms with Crippen LogP contribution < -0.4 is 10.6 Å². The van der Waals surface area contributed by atoms with E-state index in [4.69, 9.17) is 4.74 Å². The van der Waals surface area contributed by atoms with Crippen molar-refractivity contribution >= 4 is 5.91 Å². The average molecular weight is 240 g/mol. The summed E-state index contributed by atoms with van der Waals surface area (Å²) in [6.07, 6.45) is 3.24. The molecule has 0 radical (unpaired) electrons. The van der Waals surface area contributed by atoms with Gasteiger partial charge < -0.3 is 15.4 Å². The van der Waals surface area contributed by atoms with Gasteiger partial charge in [0.05, 0.1) is 6.10 Å². The van der Waals surface area contributed by atoms with Crippen LogP contribution in [0.1, 0.15) is 33.1 Å².